The van der Waals surface area contributed by atoms with Crippen molar-refractivity contribution in [1.82, 2.24) is 4.90 Å². The van der Waals surface area contributed by atoms with Gasteiger partial charge in [0, 0.05) is 13.1 Å². The molecule has 1 aromatic carbocycles. The Hall–Kier alpha value is -1.91. The van der Waals surface area contributed by atoms with Gasteiger partial charge in [-0.05, 0) is 43.9 Å². The van der Waals surface area contributed by atoms with E-state index >= 15 is 0 Å². The number of aliphatic carboxylic acids is 1. The van der Waals surface area contributed by atoms with Crippen molar-refractivity contribution in [2.75, 3.05) is 13.1 Å². The lowest BCUT2D eigenvalue weighted by molar-refractivity contribution is -0.148. The Morgan fingerprint density at radius 2 is 2.00 bits per heavy atom. The first kappa shape index (κ1) is 16.5. The second-order valence-electron chi connectivity index (χ2n) is 6.72. The van der Waals surface area contributed by atoms with Gasteiger partial charge in [-0.25, -0.2) is 4.39 Å². The van der Waals surface area contributed by atoms with Crippen LogP contribution in [0.3, 0.4) is 0 Å². The number of amides is 1. The predicted molar refractivity (Wildman–Crippen MR) is 80.9 cm³/mol. The molecule has 1 saturated heterocycles. The third-order valence-electron chi connectivity index (χ3n) is 4.38. The van der Waals surface area contributed by atoms with Gasteiger partial charge in [0.15, 0.2) is 0 Å². The largest absolute Gasteiger partial charge is 0.481 e. The maximum atomic E-state index is 13.4. The maximum absolute atomic E-state index is 13.4. The minimum absolute atomic E-state index is 0.141. The number of benzene rings is 1. The Bertz CT molecular complexity index is 585. The summed E-state index contributed by atoms with van der Waals surface area (Å²) in [5, 5.41) is 9.22. The lowest BCUT2D eigenvalue weighted by atomic mass is 9.81. The molecule has 1 N–H and O–H groups in total. The smallest absolute Gasteiger partial charge is 0.308 e. The predicted octanol–water partition coefficient (Wildman–Crippen LogP) is 2.67. The summed E-state index contributed by atoms with van der Waals surface area (Å²) in [6, 6.07) is 6.01. The molecule has 0 radical (unpaired) electrons. The molecule has 4 nitrogen and oxygen atoms in total. The zero-order valence-corrected chi connectivity index (χ0v) is 13.2. The highest BCUT2D eigenvalue weighted by Crippen LogP contribution is 2.30. The molecule has 0 spiro atoms. The highest BCUT2D eigenvalue weighted by Gasteiger charge is 2.39. The van der Waals surface area contributed by atoms with Gasteiger partial charge in [0.25, 0.3) is 0 Å². The van der Waals surface area contributed by atoms with E-state index in [1.54, 1.807) is 30.9 Å². The number of rotatable bonds is 3. The van der Waals surface area contributed by atoms with Crippen molar-refractivity contribution in [3.63, 3.8) is 0 Å². The molecular weight excluding hydrogens is 285 g/mol. The zero-order valence-electron chi connectivity index (χ0n) is 13.2. The van der Waals surface area contributed by atoms with Gasteiger partial charge < -0.3 is 10.0 Å². The second kappa shape index (κ2) is 6.07. The normalized spacial score (nSPS) is 22.5. The van der Waals surface area contributed by atoms with E-state index in [2.05, 4.69) is 0 Å². The molecule has 0 bridgehead atoms. The van der Waals surface area contributed by atoms with Crippen molar-refractivity contribution in [1.29, 1.82) is 0 Å². The molecule has 1 aromatic rings. The van der Waals surface area contributed by atoms with Crippen LogP contribution in [0.25, 0.3) is 0 Å². The molecule has 1 aliphatic rings. The molecule has 5 heteroatoms. The molecular formula is C17H22FNO3. The molecule has 0 aliphatic carbocycles. The topological polar surface area (TPSA) is 57.6 Å². The van der Waals surface area contributed by atoms with Crippen molar-refractivity contribution in [3.8, 4) is 0 Å². The van der Waals surface area contributed by atoms with Gasteiger partial charge in [-0.15, -0.1) is 0 Å². The molecule has 1 heterocycles. The molecule has 22 heavy (non-hydrogen) atoms. The molecule has 1 fully saturated rings. The van der Waals surface area contributed by atoms with Crippen LogP contribution in [0.1, 0.15) is 32.8 Å². The fourth-order valence-corrected chi connectivity index (χ4v) is 3.09. The van der Waals surface area contributed by atoms with Crippen LogP contribution in [0.5, 0.6) is 0 Å². The molecule has 1 amide bonds. The monoisotopic (exact) mass is 307 g/mol. The molecule has 120 valence electrons. The molecule has 0 aromatic heterocycles. The van der Waals surface area contributed by atoms with E-state index in [0.29, 0.717) is 18.5 Å². The standard InChI is InChI=1S/C17H22FNO3/c1-11-7-12(15(20)21)10-19(9-11)16(22)17(2,3)13-5-4-6-14(18)8-13/h4-6,8,11-12H,7,9-10H2,1-3H3,(H,20,21). The molecule has 2 atom stereocenters. The van der Waals surface area contributed by atoms with Crippen LogP contribution < -0.4 is 0 Å². The van der Waals surface area contributed by atoms with Crippen LogP contribution >= 0.6 is 0 Å². The van der Waals surface area contributed by atoms with E-state index in [1.165, 1.54) is 12.1 Å². The Labute approximate surface area is 129 Å². The molecule has 1 aliphatic heterocycles. The summed E-state index contributed by atoms with van der Waals surface area (Å²) in [6.45, 7) is 6.21. The van der Waals surface area contributed by atoms with Crippen molar-refractivity contribution >= 4 is 11.9 Å². The van der Waals surface area contributed by atoms with Crippen molar-refractivity contribution in [3.05, 3.63) is 35.6 Å². The number of piperidine rings is 1. The summed E-state index contributed by atoms with van der Waals surface area (Å²) in [5.41, 5.74) is -0.287. The average molecular weight is 307 g/mol. The van der Waals surface area contributed by atoms with Crippen LogP contribution in [0.15, 0.2) is 24.3 Å². The molecule has 0 saturated carbocycles. The number of carbonyl (C=O) groups excluding carboxylic acids is 1. The Balaban J connectivity index is 2.23. The number of hydrogen-bond acceptors (Lipinski definition) is 2. The first-order valence-electron chi connectivity index (χ1n) is 7.50. The number of carbonyl (C=O) groups is 2. The first-order chi connectivity index (χ1) is 10.2. The number of carboxylic acid groups (broad SMARTS) is 1. The number of likely N-dealkylation sites (tertiary alicyclic amines) is 1. The highest BCUT2D eigenvalue weighted by molar-refractivity contribution is 5.88. The summed E-state index contributed by atoms with van der Waals surface area (Å²) in [6.07, 6.45) is 0.583. The summed E-state index contributed by atoms with van der Waals surface area (Å²) < 4.78 is 13.4. The minimum atomic E-state index is -0.887. The van der Waals surface area contributed by atoms with Crippen LogP contribution in [-0.4, -0.2) is 35.0 Å². The van der Waals surface area contributed by atoms with Gasteiger partial charge in [-0.1, -0.05) is 19.1 Å². The molecule has 2 unspecified atom stereocenters. The van der Waals surface area contributed by atoms with E-state index in [0.717, 1.165) is 0 Å². The summed E-state index contributed by atoms with van der Waals surface area (Å²) in [7, 11) is 0. The fourth-order valence-electron chi connectivity index (χ4n) is 3.09. The van der Waals surface area contributed by atoms with Gasteiger partial charge in [0.1, 0.15) is 5.82 Å². The van der Waals surface area contributed by atoms with Crippen LogP contribution in [0.4, 0.5) is 4.39 Å². The van der Waals surface area contributed by atoms with Crippen molar-refractivity contribution < 1.29 is 19.1 Å². The van der Waals surface area contributed by atoms with Gasteiger partial charge in [0.05, 0.1) is 11.3 Å². The number of carboxylic acids is 1. The van der Waals surface area contributed by atoms with Gasteiger partial charge in [-0.2, -0.15) is 0 Å². The van der Waals surface area contributed by atoms with Gasteiger partial charge in [-0.3, -0.25) is 9.59 Å². The number of halogens is 1. The van der Waals surface area contributed by atoms with E-state index < -0.39 is 17.3 Å². The first-order valence-corrected chi connectivity index (χ1v) is 7.50. The second-order valence-corrected chi connectivity index (χ2v) is 6.72. The lowest BCUT2D eigenvalue weighted by Gasteiger charge is -2.39. The zero-order chi connectivity index (χ0) is 16.5. The van der Waals surface area contributed by atoms with Gasteiger partial charge in [0.2, 0.25) is 5.91 Å². The van der Waals surface area contributed by atoms with E-state index in [9.17, 15) is 19.1 Å². The summed E-state index contributed by atoms with van der Waals surface area (Å²) in [4.78, 5) is 25.7. The van der Waals surface area contributed by atoms with Crippen LogP contribution in [-0.2, 0) is 15.0 Å². The third kappa shape index (κ3) is 3.29. The van der Waals surface area contributed by atoms with Gasteiger partial charge >= 0.3 is 5.97 Å². The maximum Gasteiger partial charge on any atom is 0.308 e. The van der Waals surface area contributed by atoms with Crippen LogP contribution in [0, 0.1) is 17.7 Å². The van der Waals surface area contributed by atoms with Crippen molar-refractivity contribution in [2.24, 2.45) is 11.8 Å². The average Bonchev–Trinajstić information content (AvgIpc) is 2.45. The van der Waals surface area contributed by atoms with E-state index in [1.807, 2.05) is 6.92 Å². The minimum Gasteiger partial charge on any atom is -0.481 e. The number of nitrogens with zero attached hydrogens (tertiary/aromatic N) is 1. The SMILES string of the molecule is CC1CC(C(=O)O)CN(C(=O)C(C)(C)c2cccc(F)c2)C1. The fraction of sp³-hybridized carbons (Fsp3) is 0.529. The molecule has 2 rings (SSSR count). The summed E-state index contributed by atoms with van der Waals surface area (Å²) >= 11 is 0. The van der Waals surface area contributed by atoms with Crippen molar-refractivity contribution in [2.45, 2.75) is 32.6 Å². The lowest BCUT2D eigenvalue weighted by Crippen LogP contribution is -2.51. The highest BCUT2D eigenvalue weighted by atomic mass is 19.1. The van der Waals surface area contributed by atoms with E-state index in [-0.39, 0.29) is 24.2 Å². The quantitative estimate of drug-likeness (QED) is 0.934. The number of hydrogen-bond donors (Lipinski definition) is 1. The Kier molecular flexibility index (Phi) is 4.54. The van der Waals surface area contributed by atoms with Crippen LogP contribution in [0.2, 0.25) is 0 Å². The third-order valence-corrected chi connectivity index (χ3v) is 4.38. The Morgan fingerprint density at radius 3 is 2.59 bits per heavy atom. The van der Waals surface area contributed by atoms with E-state index in [4.69, 9.17) is 0 Å². The summed E-state index contributed by atoms with van der Waals surface area (Å²) in [5.74, 6) is -1.80. The Morgan fingerprint density at radius 1 is 1.32 bits per heavy atom.